The van der Waals surface area contributed by atoms with Crippen molar-refractivity contribution in [2.24, 2.45) is 0 Å². The van der Waals surface area contributed by atoms with Crippen LogP contribution < -0.4 is 0 Å². The molecule has 0 radical (unpaired) electrons. The number of halogens is 3. The molecule has 0 aromatic carbocycles. The molecule has 1 aliphatic heterocycles. The number of amides is 2. The van der Waals surface area contributed by atoms with Crippen molar-refractivity contribution in [2.45, 2.75) is 25.3 Å². The number of carbonyl (C=O) groups excluding carboxylic acids is 2. The third-order valence-electron chi connectivity index (χ3n) is 4.44. The summed E-state index contributed by atoms with van der Waals surface area (Å²) in [5.74, 6) is -0.615. The standard InChI is InChI=1S/C17H18ClF2N5O2/c1-4-15(26)23-5-6-24(11(3)9-23)16(27)12-8-14-21-10(2)7-13(17(18,19)20)25(14)22-12/h4,7-8,11H,1,5-6,9H2,2-3H3/t11-/m0/s1. The number of hydrogen-bond acceptors (Lipinski definition) is 4. The van der Waals surface area contributed by atoms with Crippen LogP contribution in [0.25, 0.3) is 5.65 Å². The predicted molar refractivity (Wildman–Crippen MR) is 94.7 cm³/mol. The van der Waals surface area contributed by atoms with E-state index in [1.165, 1.54) is 12.1 Å². The molecule has 144 valence electrons. The summed E-state index contributed by atoms with van der Waals surface area (Å²) in [6, 6.07) is 2.22. The van der Waals surface area contributed by atoms with Crippen molar-refractivity contribution in [1.82, 2.24) is 24.4 Å². The van der Waals surface area contributed by atoms with Gasteiger partial charge in [-0.15, -0.1) is 0 Å². The average Bonchev–Trinajstić information content (AvgIpc) is 3.02. The number of rotatable bonds is 3. The molecule has 7 nitrogen and oxygen atoms in total. The van der Waals surface area contributed by atoms with E-state index in [4.69, 9.17) is 11.6 Å². The molecule has 0 bridgehead atoms. The minimum Gasteiger partial charge on any atom is -0.335 e. The normalized spacial score (nSPS) is 18.0. The van der Waals surface area contributed by atoms with Crippen LogP contribution in [-0.2, 0) is 10.2 Å². The smallest absolute Gasteiger partial charge is 0.335 e. The molecule has 2 amide bonds. The van der Waals surface area contributed by atoms with Crippen LogP contribution in [0.4, 0.5) is 8.78 Å². The lowest BCUT2D eigenvalue weighted by atomic mass is 10.1. The number of fused-ring (bicyclic) bond motifs is 1. The third kappa shape index (κ3) is 3.64. The van der Waals surface area contributed by atoms with E-state index in [0.29, 0.717) is 25.3 Å². The Labute approximate surface area is 159 Å². The van der Waals surface area contributed by atoms with Crippen molar-refractivity contribution in [1.29, 1.82) is 0 Å². The summed E-state index contributed by atoms with van der Waals surface area (Å²) in [7, 11) is 0. The Balaban J connectivity index is 1.91. The number of aromatic nitrogens is 3. The first-order valence-electron chi connectivity index (χ1n) is 8.28. The minimum atomic E-state index is -3.65. The molecular weight excluding hydrogens is 380 g/mol. The molecule has 0 aliphatic carbocycles. The summed E-state index contributed by atoms with van der Waals surface area (Å²) in [6.07, 6.45) is 1.23. The summed E-state index contributed by atoms with van der Waals surface area (Å²) in [5.41, 5.74) is -0.116. The van der Waals surface area contributed by atoms with Gasteiger partial charge in [-0.05, 0) is 37.6 Å². The average molecular weight is 398 g/mol. The molecule has 0 saturated carbocycles. The van der Waals surface area contributed by atoms with Crippen LogP contribution in [0.1, 0.15) is 28.8 Å². The number of nitrogens with zero attached hydrogens (tertiary/aromatic N) is 5. The Kier molecular flexibility index (Phi) is 4.90. The fraction of sp³-hybridized carbons (Fsp3) is 0.412. The van der Waals surface area contributed by atoms with Gasteiger partial charge >= 0.3 is 5.38 Å². The van der Waals surface area contributed by atoms with Crippen LogP contribution in [0.15, 0.2) is 24.8 Å². The SMILES string of the molecule is C=CC(=O)N1CCN(C(=O)c2cc3nc(C)cc(C(F)(F)Cl)n3n2)[C@@H](C)C1. The van der Waals surface area contributed by atoms with Gasteiger partial charge in [-0.1, -0.05) is 6.58 Å². The zero-order valence-electron chi connectivity index (χ0n) is 14.8. The van der Waals surface area contributed by atoms with E-state index in [1.807, 2.05) is 0 Å². The topological polar surface area (TPSA) is 70.8 Å². The first-order chi connectivity index (χ1) is 12.6. The number of carbonyl (C=O) groups is 2. The molecule has 1 fully saturated rings. The first kappa shape index (κ1) is 19.2. The van der Waals surface area contributed by atoms with Crippen molar-refractivity contribution in [3.63, 3.8) is 0 Å². The van der Waals surface area contributed by atoms with Gasteiger partial charge in [-0.3, -0.25) is 9.59 Å². The summed E-state index contributed by atoms with van der Waals surface area (Å²) >= 11 is 5.17. The Morgan fingerprint density at radius 2 is 2.07 bits per heavy atom. The quantitative estimate of drug-likeness (QED) is 0.588. The Morgan fingerprint density at radius 3 is 2.67 bits per heavy atom. The molecule has 0 N–H and O–H groups in total. The predicted octanol–water partition coefficient (Wildman–Crippen LogP) is 2.18. The molecule has 3 rings (SSSR count). The van der Waals surface area contributed by atoms with Crippen LogP contribution >= 0.6 is 11.6 Å². The van der Waals surface area contributed by atoms with Crippen molar-refractivity contribution in [3.8, 4) is 0 Å². The maximum atomic E-state index is 13.7. The van der Waals surface area contributed by atoms with Gasteiger partial charge < -0.3 is 9.80 Å². The van der Waals surface area contributed by atoms with E-state index >= 15 is 0 Å². The lowest BCUT2D eigenvalue weighted by Crippen LogP contribution is -2.55. The highest BCUT2D eigenvalue weighted by molar-refractivity contribution is 6.21. The van der Waals surface area contributed by atoms with Gasteiger partial charge in [0.15, 0.2) is 11.3 Å². The molecule has 3 heterocycles. The number of piperazine rings is 1. The first-order valence-corrected chi connectivity index (χ1v) is 8.66. The molecule has 1 aliphatic rings. The van der Waals surface area contributed by atoms with E-state index in [1.54, 1.807) is 23.6 Å². The molecule has 27 heavy (non-hydrogen) atoms. The second-order valence-electron chi connectivity index (χ2n) is 6.42. The summed E-state index contributed by atoms with van der Waals surface area (Å²) in [4.78, 5) is 31.9. The lowest BCUT2D eigenvalue weighted by Gasteiger charge is -2.39. The van der Waals surface area contributed by atoms with Crippen LogP contribution in [0, 0.1) is 6.92 Å². The monoisotopic (exact) mass is 397 g/mol. The largest absolute Gasteiger partial charge is 0.364 e. The zero-order chi connectivity index (χ0) is 19.9. The van der Waals surface area contributed by atoms with Gasteiger partial charge in [0.05, 0.1) is 0 Å². The van der Waals surface area contributed by atoms with E-state index in [2.05, 4.69) is 16.7 Å². The second-order valence-corrected chi connectivity index (χ2v) is 6.89. The highest BCUT2D eigenvalue weighted by Gasteiger charge is 2.34. The highest BCUT2D eigenvalue weighted by Crippen LogP contribution is 2.32. The fourth-order valence-corrected chi connectivity index (χ4v) is 3.28. The van der Waals surface area contributed by atoms with Crippen molar-refractivity contribution in [3.05, 3.63) is 41.9 Å². The fourth-order valence-electron chi connectivity index (χ4n) is 3.14. The van der Waals surface area contributed by atoms with E-state index < -0.39 is 17.0 Å². The van der Waals surface area contributed by atoms with Gasteiger partial charge in [0.2, 0.25) is 5.91 Å². The maximum absolute atomic E-state index is 13.7. The third-order valence-corrected chi connectivity index (χ3v) is 4.63. The van der Waals surface area contributed by atoms with E-state index in [0.717, 1.165) is 10.6 Å². The molecule has 1 saturated heterocycles. The van der Waals surface area contributed by atoms with E-state index in [-0.39, 0.29) is 23.3 Å². The van der Waals surface area contributed by atoms with Crippen molar-refractivity contribution >= 4 is 29.1 Å². The molecule has 1 atom stereocenters. The van der Waals surface area contributed by atoms with Gasteiger partial charge in [0, 0.05) is 37.4 Å². The molecule has 0 unspecified atom stereocenters. The van der Waals surface area contributed by atoms with Crippen LogP contribution in [-0.4, -0.2) is 61.9 Å². The number of hydrogen-bond donors (Lipinski definition) is 0. The van der Waals surface area contributed by atoms with Gasteiger partial charge in [0.25, 0.3) is 5.91 Å². The summed E-state index contributed by atoms with van der Waals surface area (Å²) < 4.78 is 28.2. The van der Waals surface area contributed by atoms with Crippen LogP contribution in [0.2, 0.25) is 0 Å². The summed E-state index contributed by atoms with van der Waals surface area (Å²) in [5, 5.41) is 0.351. The minimum absolute atomic E-state index is 0.00869. The molecule has 0 spiro atoms. The van der Waals surface area contributed by atoms with Gasteiger partial charge in [-0.2, -0.15) is 13.9 Å². The molecular formula is C17H18ClF2N5O2. The molecule has 10 heteroatoms. The summed E-state index contributed by atoms with van der Waals surface area (Å²) in [6.45, 7) is 7.83. The number of aryl methyl sites for hydroxylation is 1. The molecule has 2 aromatic rings. The zero-order valence-corrected chi connectivity index (χ0v) is 15.6. The Hall–Kier alpha value is -2.55. The number of alkyl halides is 3. The van der Waals surface area contributed by atoms with Crippen LogP contribution in [0.5, 0.6) is 0 Å². The lowest BCUT2D eigenvalue weighted by molar-refractivity contribution is -0.128. The van der Waals surface area contributed by atoms with Crippen LogP contribution in [0.3, 0.4) is 0 Å². The van der Waals surface area contributed by atoms with Gasteiger partial charge in [-0.25, -0.2) is 9.50 Å². The Bertz CT molecular complexity index is 924. The van der Waals surface area contributed by atoms with E-state index in [9.17, 15) is 18.4 Å². The van der Waals surface area contributed by atoms with Gasteiger partial charge in [0.1, 0.15) is 5.69 Å². The highest BCUT2D eigenvalue weighted by atomic mass is 35.5. The Morgan fingerprint density at radius 1 is 1.37 bits per heavy atom. The van der Waals surface area contributed by atoms with Crippen molar-refractivity contribution in [2.75, 3.05) is 19.6 Å². The van der Waals surface area contributed by atoms with Crippen molar-refractivity contribution < 1.29 is 18.4 Å². The second kappa shape index (κ2) is 6.88. The maximum Gasteiger partial charge on any atom is 0.364 e. The molecule has 2 aromatic heterocycles.